The molecule has 0 aliphatic rings. The number of hydrogen-bond donors (Lipinski definition) is 1. The molecular weight excluding hydrogens is 398 g/mol. The van der Waals surface area contributed by atoms with E-state index in [0.717, 1.165) is 34.0 Å². The van der Waals surface area contributed by atoms with E-state index in [0.29, 0.717) is 5.16 Å². The van der Waals surface area contributed by atoms with Crippen LogP contribution in [0.5, 0.6) is 0 Å². The van der Waals surface area contributed by atoms with Gasteiger partial charge in [-0.05, 0) is 55.5 Å². The molecule has 2 aromatic carbocycles. The van der Waals surface area contributed by atoms with Gasteiger partial charge < -0.3 is 5.32 Å². The fourth-order valence-corrected chi connectivity index (χ4v) is 3.76. The smallest absolute Gasteiger partial charge is 0.234 e. The zero-order chi connectivity index (χ0) is 21.1. The largest absolute Gasteiger partial charge is 0.322 e. The van der Waals surface area contributed by atoms with Crippen LogP contribution in [0, 0.1) is 20.8 Å². The molecule has 0 unspecified atom stereocenters. The SMILES string of the molecule is Cc1ccc(-n2nnnc2SCC(=O)Nc2c(C)nn(-c3ccccc3)c2C)cc1. The number of aryl methyl sites for hydroxylation is 2. The van der Waals surface area contributed by atoms with Gasteiger partial charge in [-0.15, -0.1) is 5.10 Å². The standard InChI is InChI=1S/C21H21N7OS/c1-14-9-11-18(12-10-14)28-21(23-25-26-28)30-13-19(29)22-20-15(2)24-27(16(20)3)17-7-5-4-6-8-17/h4-12H,13H2,1-3H3,(H,22,29). The molecule has 152 valence electrons. The van der Waals surface area contributed by atoms with Crippen molar-refractivity contribution in [3.63, 3.8) is 0 Å². The topological polar surface area (TPSA) is 90.5 Å². The molecule has 2 heterocycles. The fraction of sp³-hybridized carbons (Fsp3) is 0.190. The predicted octanol–water partition coefficient (Wildman–Crippen LogP) is 3.50. The summed E-state index contributed by atoms with van der Waals surface area (Å²) in [5.74, 6) is 0.0408. The number of nitrogens with zero attached hydrogens (tertiary/aromatic N) is 6. The molecule has 4 aromatic rings. The minimum Gasteiger partial charge on any atom is -0.322 e. The summed E-state index contributed by atoms with van der Waals surface area (Å²) >= 11 is 1.28. The van der Waals surface area contributed by atoms with Crippen LogP contribution in [0.3, 0.4) is 0 Å². The Hall–Kier alpha value is -3.46. The van der Waals surface area contributed by atoms with Crippen LogP contribution in [0.25, 0.3) is 11.4 Å². The molecule has 1 amide bonds. The van der Waals surface area contributed by atoms with Crippen molar-refractivity contribution in [1.29, 1.82) is 0 Å². The van der Waals surface area contributed by atoms with Crippen molar-refractivity contribution in [1.82, 2.24) is 30.0 Å². The van der Waals surface area contributed by atoms with E-state index in [4.69, 9.17) is 0 Å². The van der Waals surface area contributed by atoms with Crippen LogP contribution in [0.15, 0.2) is 59.8 Å². The van der Waals surface area contributed by atoms with Crippen molar-refractivity contribution in [2.75, 3.05) is 11.1 Å². The number of carbonyl (C=O) groups is 1. The maximum atomic E-state index is 12.6. The lowest BCUT2D eigenvalue weighted by atomic mass is 10.2. The number of hydrogen-bond acceptors (Lipinski definition) is 6. The summed E-state index contributed by atoms with van der Waals surface area (Å²) in [6.45, 7) is 5.84. The molecule has 0 fully saturated rings. The normalized spacial score (nSPS) is 10.9. The van der Waals surface area contributed by atoms with Crippen LogP contribution < -0.4 is 5.32 Å². The highest BCUT2D eigenvalue weighted by molar-refractivity contribution is 7.99. The van der Waals surface area contributed by atoms with Crippen molar-refractivity contribution in [3.8, 4) is 11.4 Å². The predicted molar refractivity (Wildman–Crippen MR) is 116 cm³/mol. The highest BCUT2D eigenvalue weighted by Crippen LogP contribution is 2.24. The Balaban J connectivity index is 1.45. The molecule has 4 rings (SSSR count). The highest BCUT2D eigenvalue weighted by Gasteiger charge is 2.17. The second-order valence-corrected chi connectivity index (χ2v) is 7.78. The zero-order valence-electron chi connectivity index (χ0n) is 16.9. The van der Waals surface area contributed by atoms with Crippen LogP contribution in [0.2, 0.25) is 0 Å². The third-order valence-electron chi connectivity index (χ3n) is 4.61. The molecule has 30 heavy (non-hydrogen) atoms. The Morgan fingerprint density at radius 2 is 1.67 bits per heavy atom. The number of amides is 1. The van der Waals surface area contributed by atoms with Gasteiger partial charge in [-0.2, -0.15) is 9.78 Å². The van der Waals surface area contributed by atoms with E-state index < -0.39 is 0 Å². The zero-order valence-corrected chi connectivity index (χ0v) is 17.7. The molecule has 0 spiro atoms. The number of benzene rings is 2. The molecule has 0 saturated heterocycles. The number of carbonyl (C=O) groups excluding carboxylic acids is 1. The summed E-state index contributed by atoms with van der Waals surface area (Å²) in [6.07, 6.45) is 0. The quantitative estimate of drug-likeness (QED) is 0.481. The lowest BCUT2D eigenvalue weighted by Gasteiger charge is -2.07. The van der Waals surface area contributed by atoms with Crippen molar-refractivity contribution in [2.24, 2.45) is 0 Å². The Labute approximate surface area is 178 Å². The van der Waals surface area contributed by atoms with Gasteiger partial charge in [-0.25, -0.2) is 4.68 Å². The van der Waals surface area contributed by atoms with Crippen LogP contribution >= 0.6 is 11.8 Å². The first-order chi connectivity index (χ1) is 14.5. The van der Waals surface area contributed by atoms with Crippen LogP contribution in [0.4, 0.5) is 5.69 Å². The number of aromatic nitrogens is 6. The first-order valence-electron chi connectivity index (χ1n) is 9.42. The second kappa shape index (κ2) is 8.50. The summed E-state index contributed by atoms with van der Waals surface area (Å²) in [5, 5.41) is 19.9. The van der Waals surface area contributed by atoms with Crippen LogP contribution in [-0.2, 0) is 4.79 Å². The minimum atomic E-state index is -0.141. The molecular formula is C21H21N7OS. The minimum absolute atomic E-state index is 0.141. The summed E-state index contributed by atoms with van der Waals surface area (Å²) < 4.78 is 3.46. The lowest BCUT2D eigenvalue weighted by molar-refractivity contribution is -0.113. The highest BCUT2D eigenvalue weighted by atomic mass is 32.2. The number of thioether (sulfide) groups is 1. The molecule has 2 aromatic heterocycles. The molecule has 0 atom stereocenters. The molecule has 0 aliphatic carbocycles. The number of nitrogens with one attached hydrogen (secondary N) is 1. The molecule has 0 saturated carbocycles. The summed E-state index contributed by atoms with van der Waals surface area (Å²) in [6, 6.07) is 17.7. The van der Waals surface area contributed by atoms with Gasteiger partial charge in [0.05, 0.1) is 34.2 Å². The van der Waals surface area contributed by atoms with Gasteiger partial charge in [-0.3, -0.25) is 4.79 Å². The average molecular weight is 420 g/mol. The summed E-state index contributed by atoms with van der Waals surface area (Å²) in [7, 11) is 0. The number of rotatable bonds is 6. The number of para-hydroxylation sites is 1. The molecule has 1 N–H and O–H groups in total. The van der Waals surface area contributed by atoms with E-state index in [1.54, 1.807) is 4.68 Å². The molecule has 0 radical (unpaired) electrons. The first-order valence-corrected chi connectivity index (χ1v) is 10.4. The third kappa shape index (κ3) is 4.11. The van der Waals surface area contributed by atoms with Crippen molar-refractivity contribution < 1.29 is 4.79 Å². The van der Waals surface area contributed by atoms with Crippen molar-refractivity contribution in [2.45, 2.75) is 25.9 Å². The number of tetrazole rings is 1. The average Bonchev–Trinajstić information content (AvgIpc) is 3.33. The van der Waals surface area contributed by atoms with Gasteiger partial charge in [-0.1, -0.05) is 47.7 Å². The van der Waals surface area contributed by atoms with Gasteiger partial charge >= 0.3 is 0 Å². The fourth-order valence-electron chi connectivity index (χ4n) is 3.07. The van der Waals surface area contributed by atoms with Gasteiger partial charge in [0.25, 0.3) is 0 Å². The van der Waals surface area contributed by atoms with Gasteiger partial charge in [0.2, 0.25) is 11.1 Å². The van der Waals surface area contributed by atoms with Gasteiger partial charge in [0.1, 0.15) is 0 Å². The van der Waals surface area contributed by atoms with E-state index in [1.165, 1.54) is 11.8 Å². The molecule has 0 bridgehead atoms. The van der Waals surface area contributed by atoms with Crippen LogP contribution in [0.1, 0.15) is 17.0 Å². The van der Waals surface area contributed by atoms with E-state index in [1.807, 2.05) is 80.1 Å². The Bertz CT molecular complexity index is 1170. The Morgan fingerprint density at radius 1 is 0.967 bits per heavy atom. The van der Waals surface area contributed by atoms with Crippen molar-refractivity contribution >= 4 is 23.4 Å². The van der Waals surface area contributed by atoms with E-state index in [2.05, 4.69) is 25.9 Å². The summed E-state index contributed by atoms with van der Waals surface area (Å²) in [4.78, 5) is 12.6. The Morgan fingerprint density at radius 3 is 2.40 bits per heavy atom. The van der Waals surface area contributed by atoms with Gasteiger partial charge in [0, 0.05) is 0 Å². The maximum Gasteiger partial charge on any atom is 0.234 e. The molecule has 8 nitrogen and oxygen atoms in total. The Kier molecular flexibility index (Phi) is 5.62. The lowest BCUT2D eigenvalue weighted by Crippen LogP contribution is -2.15. The maximum absolute atomic E-state index is 12.6. The number of anilines is 1. The van der Waals surface area contributed by atoms with E-state index in [-0.39, 0.29) is 11.7 Å². The summed E-state index contributed by atoms with van der Waals surface area (Å²) in [5.41, 5.74) is 5.32. The monoisotopic (exact) mass is 419 g/mol. The van der Waals surface area contributed by atoms with Crippen molar-refractivity contribution in [3.05, 3.63) is 71.5 Å². The first kappa shape index (κ1) is 19.8. The van der Waals surface area contributed by atoms with Gasteiger partial charge in [0.15, 0.2) is 0 Å². The molecule has 0 aliphatic heterocycles. The van der Waals surface area contributed by atoms with Crippen LogP contribution in [-0.4, -0.2) is 41.6 Å². The second-order valence-electron chi connectivity index (χ2n) is 6.84. The van der Waals surface area contributed by atoms with E-state index in [9.17, 15) is 4.79 Å². The third-order valence-corrected chi connectivity index (χ3v) is 5.53. The molecule has 9 heteroatoms. The van der Waals surface area contributed by atoms with E-state index >= 15 is 0 Å².